The first kappa shape index (κ1) is 22.3. The maximum absolute atomic E-state index is 5.36. The number of benzene rings is 1. The molecule has 0 spiro atoms. The standard InChI is InChI=1S/C17H28N2O2.2ClH/c1-12-11-19(3)13(2)8-15(12)18-10-14-6-7-16(20-4)17(9-14)21-5;;/h6-7,9,12-13,15,18H,8,10-11H2,1-5H3;2*1H. The van der Waals surface area contributed by atoms with Crippen LogP contribution in [-0.4, -0.2) is 44.8 Å². The van der Waals surface area contributed by atoms with Crippen molar-refractivity contribution < 1.29 is 9.47 Å². The normalized spacial score (nSPS) is 24.3. The molecule has 1 aromatic rings. The van der Waals surface area contributed by atoms with E-state index in [1.807, 2.05) is 6.07 Å². The van der Waals surface area contributed by atoms with Crippen molar-refractivity contribution in [2.45, 2.75) is 38.9 Å². The molecular formula is C17H30Cl2N2O2. The average molecular weight is 365 g/mol. The summed E-state index contributed by atoms with van der Waals surface area (Å²) in [5, 5.41) is 3.70. The third-order valence-corrected chi connectivity index (χ3v) is 4.63. The van der Waals surface area contributed by atoms with Crippen LogP contribution >= 0.6 is 24.8 Å². The third kappa shape index (κ3) is 5.71. The van der Waals surface area contributed by atoms with E-state index in [1.165, 1.54) is 12.0 Å². The minimum Gasteiger partial charge on any atom is -0.493 e. The Bertz CT molecular complexity index is 474. The molecule has 4 nitrogen and oxygen atoms in total. The Morgan fingerprint density at radius 1 is 1.13 bits per heavy atom. The van der Waals surface area contributed by atoms with Gasteiger partial charge in [0, 0.05) is 25.2 Å². The topological polar surface area (TPSA) is 33.7 Å². The Kier molecular flexibility index (Phi) is 9.94. The van der Waals surface area contributed by atoms with Crippen molar-refractivity contribution in [1.29, 1.82) is 0 Å². The second kappa shape index (κ2) is 10.2. The van der Waals surface area contributed by atoms with Gasteiger partial charge in [-0.1, -0.05) is 13.0 Å². The zero-order valence-corrected chi connectivity index (χ0v) is 16.3. The largest absolute Gasteiger partial charge is 0.493 e. The number of likely N-dealkylation sites (tertiary alicyclic amines) is 1. The number of hydrogen-bond donors (Lipinski definition) is 1. The molecule has 0 aliphatic carbocycles. The van der Waals surface area contributed by atoms with Gasteiger partial charge >= 0.3 is 0 Å². The predicted octanol–water partition coefficient (Wildman–Crippen LogP) is 3.37. The van der Waals surface area contributed by atoms with Gasteiger partial charge in [0.2, 0.25) is 0 Å². The molecule has 0 aromatic heterocycles. The summed E-state index contributed by atoms with van der Waals surface area (Å²) in [4.78, 5) is 2.44. The molecule has 1 aliphatic heterocycles. The van der Waals surface area contributed by atoms with Crippen molar-refractivity contribution in [3.63, 3.8) is 0 Å². The van der Waals surface area contributed by atoms with E-state index in [2.05, 4.69) is 43.2 Å². The number of methoxy groups -OCH3 is 2. The Morgan fingerprint density at radius 3 is 2.39 bits per heavy atom. The summed E-state index contributed by atoms with van der Waals surface area (Å²) in [6, 6.07) is 7.33. The molecule has 2 rings (SSSR count). The van der Waals surface area contributed by atoms with Gasteiger partial charge in [0.05, 0.1) is 14.2 Å². The van der Waals surface area contributed by atoms with Crippen molar-refractivity contribution in [3.8, 4) is 11.5 Å². The van der Waals surface area contributed by atoms with Gasteiger partial charge in [0.15, 0.2) is 11.5 Å². The molecule has 0 amide bonds. The summed E-state index contributed by atoms with van der Waals surface area (Å²) in [6.45, 7) is 6.65. The molecule has 23 heavy (non-hydrogen) atoms. The van der Waals surface area contributed by atoms with E-state index >= 15 is 0 Å². The molecule has 1 heterocycles. The number of nitrogens with one attached hydrogen (secondary N) is 1. The first-order valence-electron chi connectivity index (χ1n) is 7.69. The number of piperidine rings is 1. The maximum atomic E-state index is 5.36. The Labute approximate surface area is 152 Å². The molecular weight excluding hydrogens is 335 g/mol. The molecule has 1 aliphatic rings. The number of rotatable bonds is 5. The Morgan fingerprint density at radius 2 is 1.78 bits per heavy atom. The van der Waals surface area contributed by atoms with E-state index in [9.17, 15) is 0 Å². The molecule has 134 valence electrons. The fourth-order valence-electron chi connectivity index (χ4n) is 3.07. The quantitative estimate of drug-likeness (QED) is 0.868. The summed E-state index contributed by atoms with van der Waals surface area (Å²) in [7, 11) is 5.55. The van der Waals surface area contributed by atoms with Gasteiger partial charge in [0.1, 0.15) is 0 Å². The lowest BCUT2D eigenvalue weighted by Gasteiger charge is -2.40. The lowest BCUT2D eigenvalue weighted by atomic mass is 9.89. The number of halogens is 2. The summed E-state index contributed by atoms with van der Waals surface area (Å²) in [5.41, 5.74) is 1.23. The summed E-state index contributed by atoms with van der Waals surface area (Å²) >= 11 is 0. The van der Waals surface area contributed by atoms with E-state index in [4.69, 9.17) is 9.47 Å². The molecule has 3 unspecified atom stereocenters. The average Bonchev–Trinajstić information content (AvgIpc) is 2.49. The monoisotopic (exact) mass is 364 g/mol. The SMILES string of the molecule is COc1ccc(CNC2CC(C)N(C)CC2C)cc1OC.Cl.Cl. The zero-order valence-electron chi connectivity index (χ0n) is 14.7. The molecule has 0 radical (unpaired) electrons. The second-order valence-corrected chi connectivity index (χ2v) is 6.18. The molecule has 6 heteroatoms. The molecule has 0 saturated carbocycles. The first-order valence-corrected chi connectivity index (χ1v) is 7.69. The van der Waals surface area contributed by atoms with Gasteiger partial charge in [-0.2, -0.15) is 0 Å². The fourth-order valence-corrected chi connectivity index (χ4v) is 3.07. The molecule has 1 fully saturated rings. The highest BCUT2D eigenvalue weighted by Gasteiger charge is 2.28. The van der Waals surface area contributed by atoms with Crippen LogP contribution in [-0.2, 0) is 6.54 Å². The number of hydrogen-bond acceptors (Lipinski definition) is 4. The van der Waals surface area contributed by atoms with Crippen LogP contribution in [0.15, 0.2) is 18.2 Å². The van der Waals surface area contributed by atoms with Gasteiger partial charge in [-0.3, -0.25) is 0 Å². The summed E-state index contributed by atoms with van der Waals surface area (Å²) < 4.78 is 10.6. The van der Waals surface area contributed by atoms with Crippen LogP contribution in [0.1, 0.15) is 25.8 Å². The minimum absolute atomic E-state index is 0. The lowest BCUT2D eigenvalue weighted by molar-refractivity contribution is 0.121. The Balaban J connectivity index is 0.00000242. The van der Waals surface area contributed by atoms with Crippen LogP contribution < -0.4 is 14.8 Å². The van der Waals surface area contributed by atoms with E-state index in [1.54, 1.807) is 14.2 Å². The number of ether oxygens (including phenoxy) is 2. The van der Waals surface area contributed by atoms with Crippen molar-refractivity contribution in [1.82, 2.24) is 10.2 Å². The van der Waals surface area contributed by atoms with Crippen LogP contribution in [0.2, 0.25) is 0 Å². The van der Waals surface area contributed by atoms with Crippen molar-refractivity contribution in [2.24, 2.45) is 5.92 Å². The third-order valence-electron chi connectivity index (χ3n) is 4.63. The van der Waals surface area contributed by atoms with Crippen LogP contribution in [0.3, 0.4) is 0 Å². The zero-order chi connectivity index (χ0) is 15.4. The maximum Gasteiger partial charge on any atom is 0.161 e. The highest BCUT2D eigenvalue weighted by Crippen LogP contribution is 2.28. The van der Waals surface area contributed by atoms with E-state index < -0.39 is 0 Å². The molecule has 3 atom stereocenters. The predicted molar refractivity (Wildman–Crippen MR) is 101 cm³/mol. The first-order chi connectivity index (χ1) is 10.0. The molecule has 1 aromatic carbocycles. The Hall–Kier alpha value is -0.680. The van der Waals surface area contributed by atoms with Crippen LogP contribution in [0, 0.1) is 5.92 Å². The van der Waals surface area contributed by atoms with Crippen LogP contribution in [0.4, 0.5) is 0 Å². The van der Waals surface area contributed by atoms with Gasteiger partial charge in [-0.25, -0.2) is 0 Å². The van der Waals surface area contributed by atoms with Crippen molar-refractivity contribution in [3.05, 3.63) is 23.8 Å². The van der Waals surface area contributed by atoms with E-state index in [0.717, 1.165) is 24.6 Å². The smallest absolute Gasteiger partial charge is 0.161 e. The van der Waals surface area contributed by atoms with Gasteiger partial charge in [0.25, 0.3) is 0 Å². The van der Waals surface area contributed by atoms with Crippen LogP contribution in [0.5, 0.6) is 11.5 Å². The van der Waals surface area contributed by atoms with Gasteiger partial charge in [-0.15, -0.1) is 24.8 Å². The fraction of sp³-hybridized carbons (Fsp3) is 0.647. The second-order valence-electron chi connectivity index (χ2n) is 6.18. The van der Waals surface area contributed by atoms with Gasteiger partial charge in [-0.05, 0) is 44.0 Å². The molecule has 1 N–H and O–H groups in total. The molecule has 0 bridgehead atoms. The van der Waals surface area contributed by atoms with E-state index in [0.29, 0.717) is 18.0 Å². The van der Waals surface area contributed by atoms with Crippen molar-refractivity contribution >= 4 is 24.8 Å². The lowest BCUT2D eigenvalue weighted by Crippen LogP contribution is -2.50. The highest BCUT2D eigenvalue weighted by atomic mass is 35.5. The highest BCUT2D eigenvalue weighted by molar-refractivity contribution is 5.85. The number of nitrogens with zero attached hydrogens (tertiary/aromatic N) is 1. The van der Waals surface area contributed by atoms with Crippen molar-refractivity contribution in [2.75, 3.05) is 27.8 Å². The summed E-state index contributed by atoms with van der Waals surface area (Å²) in [5.74, 6) is 2.25. The molecule has 1 saturated heterocycles. The van der Waals surface area contributed by atoms with Gasteiger partial charge < -0.3 is 19.7 Å². The van der Waals surface area contributed by atoms with E-state index in [-0.39, 0.29) is 24.8 Å². The minimum atomic E-state index is 0. The van der Waals surface area contributed by atoms with Crippen LogP contribution in [0.25, 0.3) is 0 Å². The summed E-state index contributed by atoms with van der Waals surface area (Å²) in [6.07, 6.45) is 1.20.